The van der Waals surface area contributed by atoms with Gasteiger partial charge in [-0.15, -0.1) is 0 Å². The maximum absolute atomic E-state index is 11.1. The summed E-state index contributed by atoms with van der Waals surface area (Å²) >= 11 is 0. The minimum atomic E-state index is -1.15. The van der Waals surface area contributed by atoms with Gasteiger partial charge in [0, 0.05) is 17.8 Å². The van der Waals surface area contributed by atoms with E-state index in [2.05, 4.69) is 4.98 Å². The molecular weight excluding hydrogens is 254 g/mol. The first-order valence-corrected chi connectivity index (χ1v) is 6.06. The number of hydrogen-bond donors (Lipinski definition) is 2. The van der Waals surface area contributed by atoms with Gasteiger partial charge >= 0.3 is 5.97 Å². The van der Waals surface area contributed by atoms with Gasteiger partial charge in [-0.2, -0.15) is 0 Å². The summed E-state index contributed by atoms with van der Waals surface area (Å²) in [5.74, 6) is -1.39. The van der Waals surface area contributed by atoms with Crippen LogP contribution in [0.3, 0.4) is 0 Å². The summed E-state index contributed by atoms with van der Waals surface area (Å²) in [6.45, 7) is 0. The van der Waals surface area contributed by atoms with E-state index in [9.17, 15) is 9.90 Å². The lowest BCUT2D eigenvalue weighted by molar-refractivity contribution is 0.0694. The first kappa shape index (κ1) is 12.2. The Bertz CT molecular complexity index is 806. The van der Waals surface area contributed by atoms with Crippen LogP contribution in [0.5, 0.6) is 5.75 Å². The number of carboxylic acids is 1. The van der Waals surface area contributed by atoms with Crippen LogP contribution in [0, 0.1) is 0 Å². The fourth-order valence-electron chi connectivity index (χ4n) is 2.24. The number of hydrogen-bond acceptors (Lipinski definition) is 3. The molecule has 1 heterocycles. The van der Waals surface area contributed by atoms with Crippen molar-refractivity contribution in [3.05, 3.63) is 60.4 Å². The van der Waals surface area contributed by atoms with E-state index in [0.29, 0.717) is 0 Å². The van der Waals surface area contributed by atoms with E-state index in [1.54, 1.807) is 18.5 Å². The molecule has 2 N–H and O–H groups in total. The van der Waals surface area contributed by atoms with Gasteiger partial charge in [-0.1, -0.05) is 24.3 Å². The van der Waals surface area contributed by atoms with Crippen LogP contribution in [-0.2, 0) is 0 Å². The molecule has 0 saturated carbocycles. The number of carboxylic acid groups (broad SMARTS) is 1. The second-order valence-electron chi connectivity index (χ2n) is 4.44. The van der Waals surface area contributed by atoms with E-state index in [1.165, 1.54) is 12.1 Å². The molecule has 0 fully saturated rings. The Kier molecular flexibility index (Phi) is 2.84. The average Bonchev–Trinajstić information content (AvgIpc) is 2.47. The number of aromatic nitrogens is 1. The summed E-state index contributed by atoms with van der Waals surface area (Å²) in [5.41, 5.74) is 1.51. The highest BCUT2D eigenvalue weighted by Crippen LogP contribution is 2.31. The number of aromatic hydroxyl groups is 1. The summed E-state index contributed by atoms with van der Waals surface area (Å²) in [5, 5.41) is 20.6. The predicted molar refractivity (Wildman–Crippen MR) is 75.8 cm³/mol. The van der Waals surface area contributed by atoms with Crippen molar-refractivity contribution in [2.24, 2.45) is 0 Å². The molecule has 0 unspecified atom stereocenters. The van der Waals surface area contributed by atoms with Gasteiger partial charge in [0.15, 0.2) is 0 Å². The molecule has 0 radical (unpaired) electrons. The Hall–Kier alpha value is -2.88. The highest BCUT2D eigenvalue weighted by atomic mass is 16.4. The summed E-state index contributed by atoms with van der Waals surface area (Å²) in [4.78, 5) is 15.2. The first-order chi connectivity index (χ1) is 9.66. The van der Waals surface area contributed by atoms with Crippen molar-refractivity contribution in [1.82, 2.24) is 4.98 Å². The predicted octanol–water partition coefficient (Wildman–Crippen LogP) is 3.31. The molecule has 0 bridgehead atoms. The van der Waals surface area contributed by atoms with Gasteiger partial charge in [0.2, 0.25) is 0 Å². The Morgan fingerprint density at radius 1 is 1.10 bits per heavy atom. The molecule has 0 aliphatic rings. The lowest BCUT2D eigenvalue weighted by atomic mass is 9.98. The normalized spacial score (nSPS) is 10.6. The molecule has 0 spiro atoms. The third-order valence-electron chi connectivity index (χ3n) is 3.22. The number of rotatable bonds is 2. The standard InChI is InChI=1S/C16H11NO3/c18-15-5-4-11(8-13(15)16(19)20)12-3-1-2-10-6-7-17-9-14(10)12/h1-9,18H,(H,19,20). The molecule has 0 aliphatic carbocycles. The zero-order valence-corrected chi connectivity index (χ0v) is 10.4. The highest BCUT2D eigenvalue weighted by molar-refractivity contribution is 5.98. The quantitative estimate of drug-likeness (QED) is 0.745. The molecule has 1 aromatic heterocycles. The van der Waals surface area contributed by atoms with Gasteiger partial charge < -0.3 is 10.2 Å². The van der Waals surface area contributed by atoms with Crippen molar-refractivity contribution in [2.75, 3.05) is 0 Å². The van der Waals surface area contributed by atoms with Crippen LogP contribution in [0.2, 0.25) is 0 Å². The topological polar surface area (TPSA) is 70.4 Å². The molecule has 3 aromatic rings. The molecule has 4 heteroatoms. The summed E-state index contributed by atoms with van der Waals surface area (Å²) < 4.78 is 0. The number of fused-ring (bicyclic) bond motifs is 1. The molecule has 3 rings (SSSR count). The largest absolute Gasteiger partial charge is 0.507 e. The van der Waals surface area contributed by atoms with Crippen LogP contribution in [0.4, 0.5) is 0 Å². The minimum Gasteiger partial charge on any atom is -0.507 e. The molecule has 2 aromatic carbocycles. The first-order valence-electron chi connectivity index (χ1n) is 6.06. The summed E-state index contributed by atoms with van der Waals surface area (Å²) in [6, 6.07) is 12.3. The number of pyridine rings is 1. The monoisotopic (exact) mass is 265 g/mol. The maximum atomic E-state index is 11.1. The van der Waals surface area contributed by atoms with Crippen molar-refractivity contribution >= 4 is 16.7 Å². The van der Waals surface area contributed by atoms with Crippen LogP contribution in [0.1, 0.15) is 10.4 Å². The Balaban J connectivity index is 2.26. The van der Waals surface area contributed by atoms with Crippen molar-refractivity contribution in [1.29, 1.82) is 0 Å². The van der Waals surface area contributed by atoms with Crippen molar-refractivity contribution in [3.8, 4) is 16.9 Å². The van der Waals surface area contributed by atoms with Crippen molar-refractivity contribution in [3.63, 3.8) is 0 Å². The number of nitrogens with zero attached hydrogens (tertiary/aromatic N) is 1. The van der Waals surface area contributed by atoms with E-state index in [-0.39, 0.29) is 11.3 Å². The van der Waals surface area contributed by atoms with Crippen LogP contribution in [-0.4, -0.2) is 21.2 Å². The van der Waals surface area contributed by atoms with Gasteiger partial charge in [0.25, 0.3) is 0 Å². The lowest BCUT2D eigenvalue weighted by Gasteiger charge is -2.08. The van der Waals surface area contributed by atoms with E-state index >= 15 is 0 Å². The van der Waals surface area contributed by atoms with Crippen LogP contribution < -0.4 is 0 Å². The van der Waals surface area contributed by atoms with E-state index in [0.717, 1.165) is 21.9 Å². The van der Waals surface area contributed by atoms with Gasteiger partial charge in [-0.05, 0) is 34.7 Å². The summed E-state index contributed by atoms with van der Waals surface area (Å²) in [7, 11) is 0. The second kappa shape index (κ2) is 4.66. The maximum Gasteiger partial charge on any atom is 0.339 e. The van der Waals surface area contributed by atoms with Crippen molar-refractivity contribution in [2.45, 2.75) is 0 Å². The second-order valence-corrected chi connectivity index (χ2v) is 4.44. The van der Waals surface area contributed by atoms with Crippen LogP contribution in [0.25, 0.3) is 21.9 Å². The Morgan fingerprint density at radius 3 is 2.75 bits per heavy atom. The van der Waals surface area contributed by atoms with Gasteiger partial charge in [0.1, 0.15) is 11.3 Å². The highest BCUT2D eigenvalue weighted by Gasteiger charge is 2.12. The molecular formula is C16H11NO3. The van der Waals surface area contributed by atoms with Gasteiger partial charge in [0.05, 0.1) is 0 Å². The number of benzene rings is 2. The fraction of sp³-hybridized carbons (Fsp3) is 0. The third kappa shape index (κ3) is 1.97. The lowest BCUT2D eigenvalue weighted by Crippen LogP contribution is -1.97. The zero-order chi connectivity index (χ0) is 14.1. The molecule has 98 valence electrons. The molecule has 4 nitrogen and oxygen atoms in total. The Labute approximate surface area is 115 Å². The number of carbonyl (C=O) groups is 1. The molecule has 0 saturated heterocycles. The van der Waals surface area contributed by atoms with E-state index < -0.39 is 5.97 Å². The fourth-order valence-corrected chi connectivity index (χ4v) is 2.24. The van der Waals surface area contributed by atoms with Gasteiger partial charge in [-0.25, -0.2) is 4.79 Å². The van der Waals surface area contributed by atoms with Crippen LogP contribution >= 0.6 is 0 Å². The average molecular weight is 265 g/mol. The Morgan fingerprint density at radius 2 is 1.95 bits per heavy atom. The zero-order valence-electron chi connectivity index (χ0n) is 10.4. The van der Waals surface area contributed by atoms with Crippen molar-refractivity contribution < 1.29 is 15.0 Å². The SMILES string of the molecule is O=C(O)c1cc(-c2cccc3ccncc23)ccc1O. The van der Waals surface area contributed by atoms with E-state index in [1.807, 2.05) is 24.3 Å². The third-order valence-corrected chi connectivity index (χ3v) is 3.22. The molecule has 0 atom stereocenters. The number of aromatic carboxylic acids is 1. The molecule has 0 amide bonds. The molecule has 20 heavy (non-hydrogen) atoms. The van der Waals surface area contributed by atoms with E-state index in [4.69, 9.17) is 5.11 Å². The summed E-state index contributed by atoms with van der Waals surface area (Å²) in [6.07, 6.45) is 3.46. The minimum absolute atomic E-state index is 0.108. The number of phenols is 1. The van der Waals surface area contributed by atoms with Gasteiger partial charge in [-0.3, -0.25) is 4.98 Å². The molecule has 0 aliphatic heterocycles. The van der Waals surface area contributed by atoms with Crippen LogP contribution in [0.15, 0.2) is 54.9 Å². The smallest absolute Gasteiger partial charge is 0.339 e.